The van der Waals surface area contributed by atoms with Crippen LogP contribution >= 0.6 is 0 Å². The van der Waals surface area contributed by atoms with Crippen molar-refractivity contribution >= 4 is 16.9 Å². The van der Waals surface area contributed by atoms with E-state index in [1.54, 1.807) is 18.2 Å². The fraction of sp³-hybridized carbons (Fsp3) is 0.304. The summed E-state index contributed by atoms with van der Waals surface area (Å²) >= 11 is 0. The summed E-state index contributed by atoms with van der Waals surface area (Å²) < 4.78 is 16.3. The molecule has 0 fully saturated rings. The third-order valence-electron chi connectivity index (χ3n) is 4.64. The Morgan fingerprint density at radius 3 is 2.46 bits per heavy atom. The number of rotatable bonds is 6. The molecule has 1 aromatic heterocycles. The Hall–Kier alpha value is -3.08. The standard InChI is InChI=1S/C23H24O5/c1-5-16-11-19-15(4)10-22(24)28-21(19)12-20(16)26-13-23(25)27-18-8-6-17(7-9-18)14(2)3/h6-12,14H,5,13H2,1-4H3. The van der Waals surface area contributed by atoms with Crippen LogP contribution in [0.25, 0.3) is 11.0 Å². The molecule has 2 aromatic carbocycles. The summed E-state index contributed by atoms with van der Waals surface area (Å²) in [5, 5.41) is 0.858. The predicted molar refractivity (Wildman–Crippen MR) is 108 cm³/mol. The van der Waals surface area contributed by atoms with Crippen molar-refractivity contribution in [1.29, 1.82) is 0 Å². The lowest BCUT2D eigenvalue weighted by atomic mass is 10.0. The molecule has 0 atom stereocenters. The average molecular weight is 380 g/mol. The van der Waals surface area contributed by atoms with Gasteiger partial charge in [-0.3, -0.25) is 0 Å². The van der Waals surface area contributed by atoms with Gasteiger partial charge in [0.15, 0.2) is 6.61 Å². The van der Waals surface area contributed by atoms with Crippen molar-refractivity contribution in [2.75, 3.05) is 6.61 Å². The van der Waals surface area contributed by atoms with E-state index in [0.29, 0.717) is 23.0 Å². The summed E-state index contributed by atoms with van der Waals surface area (Å²) in [6.45, 7) is 7.83. The summed E-state index contributed by atoms with van der Waals surface area (Å²) in [6, 6.07) is 12.5. The number of fused-ring (bicyclic) bond motifs is 1. The zero-order valence-corrected chi connectivity index (χ0v) is 16.6. The minimum Gasteiger partial charge on any atom is -0.481 e. The molecule has 0 bridgehead atoms. The van der Waals surface area contributed by atoms with Crippen LogP contribution in [0, 0.1) is 6.92 Å². The maximum absolute atomic E-state index is 12.2. The van der Waals surface area contributed by atoms with Gasteiger partial charge >= 0.3 is 11.6 Å². The lowest BCUT2D eigenvalue weighted by Gasteiger charge is -2.12. The number of ether oxygens (including phenoxy) is 2. The first-order chi connectivity index (χ1) is 13.4. The first-order valence-corrected chi connectivity index (χ1v) is 9.38. The molecule has 146 valence electrons. The van der Waals surface area contributed by atoms with Crippen molar-refractivity contribution in [2.45, 2.75) is 40.0 Å². The molecule has 0 aliphatic rings. The molecule has 3 aromatic rings. The SMILES string of the molecule is CCc1cc2c(C)cc(=O)oc2cc1OCC(=O)Oc1ccc(C(C)C)cc1. The Labute approximate surface area is 163 Å². The fourth-order valence-electron chi connectivity index (χ4n) is 3.02. The van der Waals surface area contributed by atoms with Crippen molar-refractivity contribution in [1.82, 2.24) is 0 Å². The van der Waals surface area contributed by atoms with Gasteiger partial charge in [0.2, 0.25) is 0 Å². The van der Waals surface area contributed by atoms with E-state index in [9.17, 15) is 9.59 Å². The molecular weight excluding hydrogens is 356 g/mol. The highest BCUT2D eigenvalue weighted by Crippen LogP contribution is 2.28. The van der Waals surface area contributed by atoms with Gasteiger partial charge in [0.1, 0.15) is 17.1 Å². The number of benzene rings is 2. The smallest absolute Gasteiger partial charge is 0.349 e. The number of hydrogen-bond donors (Lipinski definition) is 0. The molecule has 0 aliphatic carbocycles. The number of esters is 1. The lowest BCUT2D eigenvalue weighted by Crippen LogP contribution is -2.18. The van der Waals surface area contributed by atoms with E-state index >= 15 is 0 Å². The number of carbonyl (C=O) groups is 1. The summed E-state index contributed by atoms with van der Waals surface area (Å²) in [4.78, 5) is 23.8. The van der Waals surface area contributed by atoms with Gasteiger partial charge in [-0.15, -0.1) is 0 Å². The van der Waals surface area contributed by atoms with Crippen LogP contribution in [-0.2, 0) is 11.2 Å². The van der Waals surface area contributed by atoms with E-state index in [1.165, 1.54) is 11.6 Å². The fourth-order valence-corrected chi connectivity index (χ4v) is 3.02. The second-order valence-electron chi connectivity index (χ2n) is 7.04. The van der Waals surface area contributed by atoms with Crippen LogP contribution in [0.2, 0.25) is 0 Å². The summed E-state index contributed by atoms with van der Waals surface area (Å²) in [5.41, 5.74) is 2.98. The first kappa shape index (κ1) is 19.7. The predicted octanol–water partition coefficient (Wildman–Crippen LogP) is 4.77. The third kappa shape index (κ3) is 4.42. The molecule has 0 saturated heterocycles. The molecular formula is C23H24O5. The monoisotopic (exact) mass is 380 g/mol. The molecule has 0 radical (unpaired) electrons. The molecule has 0 unspecified atom stereocenters. The Balaban J connectivity index is 1.73. The van der Waals surface area contributed by atoms with Crippen LogP contribution in [0.4, 0.5) is 0 Å². The molecule has 28 heavy (non-hydrogen) atoms. The van der Waals surface area contributed by atoms with E-state index < -0.39 is 11.6 Å². The highest BCUT2D eigenvalue weighted by Gasteiger charge is 2.12. The normalized spacial score (nSPS) is 11.0. The summed E-state index contributed by atoms with van der Waals surface area (Å²) in [7, 11) is 0. The van der Waals surface area contributed by atoms with Crippen molar-refractivity contribution in [3.8, 4) is 11.5 Å². The first-order valence-electron chi connectivity index (χ1n) is 9.38. The Bertz CT molecular complexity index is 1050. The van der Waals surface area contributed by atoms with Gasteiger partial charge in [-0.1, -0.05) is 32.9 Å². The lowest BCUT2D eigenvalue weighted by molar-refractivity contribution is -0.136. The van der Waals surface area contributed by atoms with Crippen LogP contribution < -0.4 is 15.1 Å². The highest BCUT2D eigenvalue weighted by atomic mass is 16.6. The van der Waals surface area contributed by atoms with Gasteiger partial charge in [-0.2, -0.15) is 0 Å². The summed E-state index contributed by atoms with van der Waals surface area (Å²) in [5.74, 6) is 0.909. The Kier molecular flexibility index (Phi) is 5.83. The molecule has 1 heterocycles. The molecule has 3 rings (SSSR count). The number of hydrogen-bond acceptors (Lipinski definition) is 5. The third-order valence-corrected chi connectivity index (χ3v) is 4.64. The van der Waals surface area contributed by atoms with E-state index in [0.717, 1.165) is 22.9 Å². The van der Waals surface area contributed by atoms with Gasteiger partial charge in [0, 0.05) is 17.5 Å². The van der Waals surface area contributed by atoms with Crippen LogP contribution in [0.1, 0.15) is 43.4 Å². The molecule has 0 aliphatic heterocycles. The van der Waals surface area contributed by atoms with Gasteiger partial charge in [-0.05, 0) is 54.2 Å². The van der Waals surface area contributed by atoms with Crippen LogP contribution in [0.5, 0.6) is 11.5 Å². The van der Waals surface area contributed by atoms with Gasteiger partial charge in [0.05, 0.1) is 0 Å². The minimum absolute atomic E-state index is 0.236. The zero-order chi connectivity index (χ0) is 20.3. The summed E-state index contributed by atoms with van der Waals surface area (Å²) in [6.07, 6.45) is 0.718. The average Bonchev–Trinajstić information content (AvgIpc) is 2.66. The molecule has 5 heteroatoms. The molecule has 0 amide bonds. The van der Waals surface area contributed by atoms with Crippen LogP contribution in [0.3, 0.4) is 0 Å². The maximum Gasteiger partial charge on any atom is 0.349 e. The molecule has 0 N–H and O–H groups in total. The number of carbonyl (C=O) groups excluding carboxylic acids is 1. The van der Waals surface area contributed by atoms with Crippen LogP contribution in [-0.4, -0.2) is 12.6 Å². The van der Waals surface area contributed by atoms with Crippen molar-refractivity contribution < 1.29 is 18.7 Å². The van der Waals surface area contributed by atoms with E-state index in [1.807, 2.05) is 32.0 Å². The quantitative estimate of drug-likeness (QED) is 0.350. The van der Waals surface area contributed by atoms with Gasteiger partial charge in [0.25, 0.3) is 0 Å². The van der Waals surface area contributed by atoms with Crippen LogP contribution in [0.15, 0.2) is 51.7 Å². The second kappa shape index (κ2) is 8.30. The Morgan fingerprint density at radius 2 is 1.82 bits per heavy atom. The Morgan fingerprint density at radius 1 is 1.11 bits per heavy atom. The van der Waals surface area contributed by atoms with Gasteiger partial charge in [-0.25, -0.2) is 9.59 Å². The molecule has 0 spiro atoms. The van der Waals surface area contributed by atoms with E-state index in [4.69, 9.17) is 13.9 Å². The topological polar surface area (TPSA) is 65.7 Å². The maximum atomic E-state index is 12.2. The number of aryl methyl sites for hydroxylation is 2. The zero-order valence-electron chi connectivity index (χ0n) is 16.6. The van der Waals surface area contributed by atoms with E-state index in [2.05, 4.69) is 13.8 Å². The van der Waals surface area contributed by atoms with Crippen molar-refractivity contribution in [3.05, 3.63) is 69.6 Å². The largest absolute Gasteiger partial charge is 0.481 e. The van der Waals surface area contributed by atoms with E-state index in [-0.39, 0.29) is 6.61 Å². The van der Waals surface area contributed by atoms with Crippen molar-refractivity contribution in [3.63, 3.8) is 0 Å². The van der Waals surface area contributed by atoms with Crippen molar-refractivity contribution in [2.24, 2.45) is 0 Å². The highest BCUT2D eigenvalue weighted by molar-refractivity contribution is 5.83. The molecule has 5 nitrogen and oxygen atoms in total. The molecule has 0 saturated carbocycles. The minimum atomic E-state index is -0.495. The second-order valence-corrected chi connectivity index (χ2v) is 7.04. The van der Waals surface area contributed by atoms with Gasteiger partial charge < -0.3 is 13.9 Å².